The average Bonchev–Trinajstić information content (AvgIpc) is 2.58. The fraction of sp³-hybridized carbons (Fsp3) is 0.250. The molecule has 0 radical (unpaired) electrons. The van der Waals surface area contributed by atoms with E-state index in [0.717, 1.165) is 11.8 Å². The van der Waals surface area contributed by atoms with Crippen LogP contribution in [0.1, 0.15) is 24.2 Å². The SMILES string of the molecule is CCOc1ccc(C(=O)Nc2c(N)nc(S[C@H](C)C(=O)O)[nH]c2=O)cc1. The van der Waals surface area contributed by atoms with Crippen molar-refractivity contribution in [2.45, 2.75) is 24.3 Å². The Balaban J connectivity index is 2.17. The maximum atomic E-state index is 12.3. The number of anilines is 2. The Morgan fingerprint density at radius 1 is 1.38 bits per heavy atom. The Hall–Kier alpha value is -3.01. The summed E-state index contributed by atoms with van der Waals surface area (Å²) >= 11 is 0.837. The molecule has 1 atom stereocenters. The zero-order valence-electron chi connectivity index (χ0n) is 14.1. The summed E-state index contributed by atoms with van der Waals surface area (Å²) in [4.78, 5) is 41.6. The van der Waals surface area contributed by atoms with Crippen molar-refractivity contribution in [1.82, 2.24) is 9.97 Å². The van der Waals surface area contributed by atoms with Gasteiger partial charge in [-0.2, -0.15) is 0 Å². The van der Waals surface area contributed by atoms with E-state index in [9.17, 15) is 14.4 Å². The van der Waals surface area contributed by atoms with Crippen LogP contribution >= 0.6 is 11.8 Å². The summed E-state index contributed by atoms with van der Waals surface area (Å²) < 4.78 is 5.30. The van der Waals surface area contributed by atoms with Crippen LogP contribution in [0.3, 0.4) is 0 Å². The minimum absolute atomic E-state index is 0.0569. The summed E-state index contributed by atoms with van der Waals surface area (Å²) in [6, 6.07) is 6.38. The third kappa shape index (κ3) is 4.76. The topological polar surface area (TPSA) is 147 Å². The van der Waals surface area contributed by atoms with E-state index in [1.165, 1.54) is 6.92 Å². The Kier molecular flexibility index (Phi) is 6.23. The first kappa shape index (κ1) is 19.3. The summed E-state index contributed by atoms with van der Waals surface area (Å²) in [5.74, 6) is -1.17. The Morgan fingerprint density at radius 3 is 2.58 bits per heavy atom. The van der Waals surface area contributed by atoms with E-state index in [1.54, 1.807) is 24.3 Å². The van der Waals surface area contributed by atoms with E-state index in [0.29, 0.717) is 17.9 Å². The number of carboxylic acids is 1. The molecule has 0 aliphatic heterocycles. The maximum Gasteiger partial charge on any atom is 0.316 e. The lowest BCUT2D eigenvalue weighted by atomic mass is 10.2. The molecule has 1 heterocycles. The van der Waals surface area contributed by atoms with Crippen molar-refractivity contribution in [1.29, 1.82) is 0 Å². The van der Waals surface area contributed by atoms with Gasteiger partial charge in [-0.1, -0.05) is 11.8 Å². The number of benzene rings is 1. The van der Waals surface area contributed by atoms with Crippen LogP contribution in [0, 0.1) is 0 Å². The van der Waals surface area contributed by atoms with Crippen molar-refractivity contribution in [2.75, 3.05) is 17.7 Å². The number of ether oxygens (including phenoxy) is 1. The zero-order valence-corrected chi connectivity index (χ0v) is 14.9. The zero-order chi connectivity index (χ0) is 19.3. The third-order valence-corrected chi connectivity index (χ3v) is 4.20. The fourth-order valence-electron chi connectivity index (χ4n) is 1.92. The first-order chi connectivity index (χ1) is 12.3. The smallest absolute Gasteiger partial charge is 0.316 e. The van der Waals surface area contributed by atoms with E-state index >= 15 is 0 Å². The Morgan fingerprint density at radius 2 is 2.04 bits per heavy atom. The van der Waals surface area contributed by atoms with Gasteiger partial charge >= 0.3 is 5.97 Å². The second kappa shape index (κ2) is 8.39. The van der Waals surface area contributed by atoms with E-state index in [1.807, 2.05) is 6.92 Å². The van der Waals surface area contributed by atoms with Crippen molar-refractivity contribution in [3.05, 3.63) is 40.2 Å². The Bertz CT molecular complexity index is 866. The highest BCUT2D eigenvalue weighted by molar-refractivity contribution is 8.00. The highest BCUT2D eigenvalue weighted by Crippen LogP contribution is 2.21. The van der Waals surface area contributed by atoms with Gasteiger partial charge in [-0.25, -0.2) is 4.98 Å². The number of carbonyl (C=O) groups excluding carboxylic acids is 1. The molecule has 0 aliphatic carbocycles. The molecule has 1 amide bonds. The maximum absolute atomic E-state index is 12.3. The molecule has 26 heavy (non-hydrogen) atoms. The van der Waals surface area contributed by atoms with Gasteiger partial charge in [0.15, 0.2) is 11.0 Å². The number of thioether (sulfide) groups is 1. The number of H-pyrrole nitrogens is 1. The van der Waals surface area contributed by atoms with Crippen LogP contribution in [-0.2, 0) is 4.79 Å². The normalized spacial score (nSPS) is 11.6. The highest BCUT2D eigenvalue weighted by Gasteiger charge is 2.18. The first-order valence-corrected chi connectivity index (χ1v) is 8.53. The van der Waals surface area contributed by atoms with Crippen LogP contribution in [0.4, 0.5) is 11.5 Å². The molecule has 2 aromatic rings. The number of aliphatic carboxylic acids is 1. The first-order valence-electron chi connectivity index (χ1n) is 7.65. The molecule has 1 aromatic carbocycles. The summed E-state index contributed by atoms with van der Waals surface area (Å²) in [5, 5.41) is 10.5. The minimum Gasteiger partial charge on any atom is -0.494 e. The van der Waals surface area contributed by atoms with Crippen molar-refractivity contribution in [3.8, 4) is 5.75 Å². The molecule has 9 nitrogen and oxygen atoms in total. The quantitative estimate of drug-likeness (QED) is 0.419. The minimum atomic E-state index is -1.05. The number of aromatic amines is 1. The van der Waals surface area contributed by atoms with Crippen LogP contribution in [0.5, 0.6) is 5.75 Å². The van der Waals surface area contributed by atoms with Crippen LogP contribution in [0.2, 0.25) is 0 Å². The van der Waals surface area contributed by atoms with Crippen molar-refractivity contribution < 1.29 is 19.4 Å². The van der Waals surface area contributed by atoms with Gasteiger partial charge in [-0.3, -0.25) is 19.4 Å². The van der Waals surface area contributed by atoms with Gasteiger partial charge in [0, 0.05) is 5.56 Å². The molecule has 1 aromatic heterocycles. The number of carbonyl (C=O) groups is 2. The lowest BCUT2D eigenvalue weighted by Crippen LogP contribution is -2.23. The van der Waals surface area contributed by atoms with E-state index in [2.05, 4.69) is 15.3 Å². The van der Waals surface area contributed by atoms with E-state index < -0.39 is 22.7 Å². The lowest BCUT2D eigenvalue weighted by Gasteiger charge is -2.10. The number of nitrogen functional groups attached to an aromatic ring is 1. The number of nitrogens with zero attached hydrogens (tertiary/aromatic N) is 1. The van der Waals surface area contributed by atoms with Gasteiger partial charge in [-0.05, 0) is 38.1 Å². The monoisotopic (exact) mass is 378 g/mol. The van der Waals surface area contributed by atoms with Gasteiger partial charge in [0.25, 0.3) is 11.5 Å². The molecule has 0 unspecified atom stereocenters. The molecule has 2 rings (SSSR count). The van der Waals surface area contributed by atoms with Gasteiger partial charge in [0.2, 0.25) is 0 Å². The molecule has 5 N–H and O–H groups in total. The fourth-order valence-corrected chi connectivity index (χ4v) is 2.66. The van der Waals surface area contributed by atoms with Crippen molar-refractivity contribution >= 4 is 35.1 Å². The van der Waals surface area contributed by atoms with Crippen molar-refractivity contribution in [3.63, 3.8) is 0 Å². The second-order valence-corrected chi connectivity index (χ2v) is 6.47. The van der Waals surface area contributed by atoms with Crippen LogP contribution in [0.25, 0.3) is 0 Å². The molecule has 0 spiro atoms. The number of hydrogen-bond acceptors (Lipinski definition) is 7. The summed E-state index contributed by atoms with van der Waals surface area (Å²) in [5.41, 5.74) is 5.18. The number of carboxylic acid groups (broad SMARTS) is 1. The summed E-state index contributed by atoms with van der Waals surface area (Å²) in [6.45, 7) is 3.81. The van der Waals surface area contributed by atoms with Gasteiger partial charge in [-0.15, -0.1) is 0 Å². The van der Waals surface area contributed by atoms with Gasteiger partial charge in [0.1, 0.15) is 16.7 Å². The predicted molar refractivity (Wildman–Crippen MR) is 97.8 cm³/mol. The van der Waals surface area contributed by atoms with Crippen LogP contribution < -0.4 is 21.3 Å². The predicted octanol–water partition coefficient (Wildman–Crippen LogP) is 1.57. The van der Waals surface area contributed by atoms with Crippen LogP contribution in [0.15, 0.2) is 34.2 Å². The summed E-state index contributed by atoms with van der Waals surface area (Å²) in [7, 11) is 0. The van der Waals surface area contributed by atoms with Gasteiger partial charge in [0.05, 0.1) is 6.61 Å². The lowest BCUT2D eigenvalue weighted by molar-refractivity contribution is -0.136. The Labute approximate surface area is 153 Å². The van der Waals surface area contributed by atoms with E-state index in [4.69, 9.17) is 15.6 Å². The number of nitrogens with two attached hydrogens (primary N) is 1. The largest absolute Gasteiger partial charge is 0.494 e. The molecule has 0 fully saturated rings. The number of rotatable bonds is 7. The number of hydrogen-bond donors (Lipinski definition) is 4. The third-order valence-electron chi connectivity index (χ3n) is 3.23. The number of nitrogens with one attached hydrogen (secondary N) is 2. The molecule has 10 heteroatoms. The number of aromatic nitrogens is 2. The molecule has 138 valence electrons. The molecule has 0 aliphatic rings. The molecular weight excluding hydrogens is 360 g/mol. The number of amides is 1. The van der Waals surface area contributed by atoms with Crippen molar-refractivity contribution in [2.24, 2.45) is 0 Å². The van der Waals surface area contributed by atoms with Crippen LogP contribution in [-0.4, -0.2) is 38.8 Å². The second-order valence-electron chi connectivity index (χ2n) is 5.14. The highest BCUT2D eigenvalue weighted by atomic mass is 32.2. The average molecular weight is 378 g/mol. The molecular formula is C16H18N4O5S. The van der Waals surface area contributed by atoms with Gasteiger partial charge < -0.3 is 20.9 Å². The molecule has 0 bridgehead atoms. The molecule has 0 saturated heterocycles. The standard InChI is InChI=1S/C16H18N4O5S/c1-3-25-10-6-4-9(5-7-10)13(21)18-11-12(17)19-16(20-14(11)22)26-8(2)15(23)24/h4-8H,3H2,1-2H3,(H,18,21)(H,23,24)(H3,17,19,20,22)/t8-/m1/s1. The van der Waals surface area contributed by atoms with E-state index in [-0.39, 0.29) is 16.7 Å². The molecule has 0 saturated carbocycles. The summed E-state index contributed by atoms with van der Waals surface area (Å²) in [6.07, 6.45) is 0.